The second-order valence-corrected chi connectivity index (χ2v) is 4.09. The highest BCUT2D eigenvalue weighted by Crippen LogP contribution is 2.11. The van der Waals surface area contributed by atoms with Crippen LogP contribution in [-0.4, -0.2) is 29.3 Å². The van der Waals surface area contributed by atoms with Crippen LogP contribution < -0.4 is 5.32 Å². The summed E-state index contributed by atoms with van der Waals surface area (Å²) in [7, 11) is 0. The number of amides is 1. The summed E-state index contributed by atoms with van der Waals surface area (Å²) >= 11 is 0. The van der Waals surface area contributed by atoms with Crippen LogP contribution in [0.2, 0.25) is 0 Å². The van der Waals surface area contributed by atoms with Gasteiger partial charge in [0.05, 0.1) is 5.69 Å². The molecule has 0 unspecified atom stereocenters. The second-order valence-electron chi connectivity index (χ2n) is 4.09. The van der Waals surface area contributed by atoms with Gasteiger partial charge in [0, 0.05) is 13.2 Å². The highest BCUT2D eigenvalue weighted by atomic mass is 16.5. The first kappa shape index (κ1) is 13.7. The van der Waals surface area contributed by atoms with Crippen LogP contribution in [0.4, 0.5) is 0 Å². The van der Waals surface area contributed by atoms with Gasteiger partial charge in [-0.1, -0.05) is 18.0 Å². The zero-order valence-electron chi connectivity index (χ0n) is 10.5. The van der Waals surface area contributed by atoms with Gasteiger partial charge in [-0.05, 0) is 26.7 Å². The maximum atomic E-state index is 11.8. The lowest BCUT2D eigenvalue weighted by Gasteiger charge is -2.04. The summed E-state index contributed by atoms with van der Waals surface area (Å²) in [6.07, 6.45) is 3.77. The van der Waals surface area contributed by atoms with Crippen molar-refractivity contribution in [1.29, 1.82) is 0 Å². The molecule has 96 valence electrons. The third kappa shape index (κ3) is 4.19. The van der Waals surface area contributed by atoms with E-state index in [0.29, 0.717) is 23.6 Å². The van der Waals surface area contributed by atoms with Gasteiger partial charge in [0.1, 0.15) is 11.3 Å². The van der Waals surface area contributed by atoms with E-state index >= 15 is 0 Å². The van der Waals surface area contributed by atoms with Crippen molar-refractivity contribution in [3.63, 3.8) is 0 Å². The number of aliphatic hydroxyl groups excluding tert-OH is 1. The fourth-order valence-corrected chi connectivity index (χ4v) is 1.69. The number of nitrogens with zero attached hydrogens (tertiary/aromatic N) is 1. The van der Waals surface area contributed by atoms with Crippen molar-refractivity contribution in [2.45, 2.75) is 39.5 Å². The van der Waals surface area contributed by atoms with E-state index < -0.39 is 0 Å². The van der Waals surface area contributed by atoms with Crippen molar-refractivity contribution < 1.29 is 14.4 Å². The number of aliphatic hydroxyl groups is 1. The Balaban J connectivity index is 2.26. The number of aromatic nitrogens is 1. The smallest absolute Gasteiger partial charge is 0.256 e. The lowest BCUT2D eigenvalue weighted by molar-refractivity contribution is 0.0951. The van der Waals surface area contributed by atoms with E-state index in [4.69, 9.17) is 9.63 Å². The van der Waals surface area contributed by atoms with Crippen molar-refractivity contribution >= 4 is 5.91 Å². The van der Waals surface area contributed by atoms with Crippen LogP contribution >= 0.6 is 0 Å². The van der Waals surface area contributed by atoms with E-state index in [1.54, 1.807) is 13.8 Å². The topological polar surface area (TPSA) is 75.4 Å². The van der Waals surface area contributed by atoms with Crippen molar-refractivity contribution in [3.05, 3.63) is 17.0 Å². The number of hydrogen-bond acceptors (Lipinski definition) is 4. The summed E-state index contributed by atoms with van der Waals surface area (Å²) in [5.74, 6) is 0.434. The first-order chi connectivity index (χ1) is 8.16. The molecule has 0 aliphatic rings. The zero-order chi connectivity index (χ0) is 12.7. The van der Waals surface area contributed by atoms with Crippen molar-refractivity contribution in [3.8, 4) is 0 Å². The molecule has 0 saturated carbocycles. The third-order valence-electron chi connectivity index (χ3n) is 2.63. The van der Waals surface area contributed by atoms with Crippen LogP contribution in [0.5, 0.6) is 0 Å². The summed E-state index contributed by atoms with van der Waals surface area (Å²) in [4.78, 5) is 11.8. The molecule has 1 aromatic heterocycles. The molecule has 0 aliphatic heterocycles. The Morgan fingerprint density at radius 2 is 2.00 bits per heavy atom. The monoisotopic (exact) mass is 240 g/mol. The van der Waals surface area contributed by atoms with Crippen molar-refractivity contribution in [2.75, 3.05) is 13.2 Å². The summed E-state index contributed by atoms with van der Waals surface area (Å²) in [6.45, 7) is 4.38. The van der Waals surface area contributed by atoms with Gasteiger partial charge in [0.25, 0.3) is 5.91 Å². The third-order valence-corrected chi connectivity index (χ3v) is 2.63. The molecule has 1 heterocycles. The van der Waals surface area contributed by atoms with Gasteiger partial charge in [-0.3, -0.25) is 4.79 Å². The van der Waals surface area contributed by atoms with Gasteiger partial charge in [-0.2, -0.15) is 0 Å². The molecule has 0 atom stereocenters. The predicted octanol–water partition coefficient (Wildman–Crippen LogP) is 1.57. The standard InChI is InChI=1S/C12H20N2O3/c1-9-11(10(2)17-14-9)12(16)13-7-5-3-4-6-8-15/h15H,3-8H2,1-2H3,(H,13,16). The Bertz CT molecular complexity index is 341. The largest absolute Gasteiger partial charge is 0.396 e. The Morgan fingerprint density at radius 3 is 2.59 bits per heavy atom. The summed E-state index contributed by atoms with van der Waals surface area (Å²) < 4.78 is 4.94. The molecule has 5 nitrogen and oxygen atoms in total. The summed E-state index contributed by atoms with van der Waals surface area (Å²) in [5.41, 5.74) is 1.17. The molecule has 0 fully saturated rings. The van der Waals surface area contributed by atoms with Gasteiger partial charge in [0.15, 0.2) is 0 Å². The SMILES string of the molecule is Cc1noc(C)c1C(=O)NCCCCCCO. The van der Waals surface area contributed by atoms with Crippen LogP contribution in [0.1, 0.15) is 47.5 Å². The molecule has 0 aliphatic carbocycles. The Morgan fingerprint density at radius 1 is 1.29 bits per heavy atom. The van der Waals surface area contributed by atoms with Crippen molar-refractivity contribution in [1.82, 2.24) is 10.5 Å². The van der Waals surface area contributed by atoms with E-state index in [1.807, 2.05) is 0 Å². The molecule has 0 saturated heterocycles. The molecular weight excluding hydrogens is 220 g/mol. The molecule has 5 heteroatoms. The van der Waals surface area contributed by atoms with Crippen LogP contribution in [0, 0.1) is 13.8 Å². The maximum absolute atomic E-state index is 11.8. The van der Waals surface area contributed by atoms with Gasteiger partial charge >= 0.3 is 0 Å². The highest BCUT2D eigenvalue weighted by Gasteiger charge is 2.16. The molecule has 0 spiro atoms. The fraction of sp³-hybridized carbons (Fsp3) is 0.667. The molecule has 17 heavy (non-hydrogen) atoms. The number of nitrogens with one attached hydrogen (secondary N) is 1. The van der Waals surface area contributed by atoms with E-state index in [-0.39, 0.29) is 12.5 Å². The number of carbonyl (C=O) groups excluding carboxylic acids is 1. The van der Waals surface area contributed by atoms with Gasteiger partial charge in [-0.25, -0.2) is 0 Å². The molecule has 2 N–H and O–H groups in total. The van der Waals surface area contributed by atoms with Gasteiger partial charge < -0.3 is 14.9 Å². The van der Waals surface area contributed by atoms with Crippen LogP contribution in [0.15, 0.2) is 4.52 Å². The normalized spacial score (nSPS) is 10.5. The molecule has 0 aromatic carbocycles. The van der Waals surface area contributed by atoms with Gasteiger partial charge in [-0.15, -0.1) is 0 Å². The van der Waals surface area contributed by atoms with Crippen molar-refractivity contribution in [2.24, 2.45) is 0 Å². The number of unbranched alkanes of at least 4 members (excludes halogenated alkanes) is 3. The molecule has 1 amide bonds. The average molecular weight is 240 g/mol. The van der Waals surface area contributed by atoms with Crippen LogP contribution in [0.25, 0.3) is 0 Å². The number of aryl methyl sites for hydroxylation is 2. The minimum Gasteiger partial charge on any atom is -0.396 e. The first-order valence-corrected chi connectivity index (χ1v) is 5.98. The summed E-state index contributed by atoms with van der Waals surface area (Å²) in [5, 5.41) is 15.2. The number of rotatable bonds is 7. The average Bonchev–Trinajstić information content (AvgIpc) is 2.63. The number of carbonyl (C=O) groups is 1. The molecule has 0 radical (unpaired) electrons. The van der Waals surface area contributed by atoms with E-state index in [1.165, 1.54) is 0 Å². The second kappa shape index (κ2) is 7.06. The van der Waals surface area contributed by atoms with E-state index in [9.17, 15) is 4.79 Å². The van der Waals surface area contributed by atoms with E-state index in [0.717, 1.165) is 25.7 Å². The molecule has 0 bridgehead atoms. The minimum atomic E-state index is -0.122. The Kier molecular flexibility index (Phi) is 5.69. The molecular formula is C12H20N2O3. The lowest BCUT2D eigenvalue weighted by atomic mass is 10.1. The van der Waals surface area contributed by atoms with Gasteiger partial charge in [0.2, 0.25) is 0 Å². The van der Waals surface area contributed by atoms with Crippen LogP contribution in [-0.2, 0) is 0 Å². The predicted molar refractivity (Wildman–Crippen MR) is 63.9 cm³/mol. The fourth-order valence-electron chi connectivity index (χ4n) is 1.69. The first-order valence-electron chi connectivity index (χ1n) is 5.98. The summed E-state index contributed by atoms with van der Waals surface area (Å²) in [6, 6.07) is 0. The molecule has 1 rings (SSSR count). The van der Waals surface area contributed by atoms with E-state index in [2.05, 4.69) is 10.5 Å². The Hall–Kier alpha value is -1.36. The maximum Gasteiger partial charge on any atom is 0.256 e. The quantitative estimate of drug-likeness (QED) is 0.709. The zero-order valence-corrected chi connectivity index (χ0v) is 10.5. The van der Waals surface area contributed by atoms with Crippen LogP contribution in [0.3, 0.4) is 0 Å². The lowest BCUT2D eigenvalue weighted by Crippen LogP contribution is -2.25. The molecule has 1 aromatic rings. The Labute approximate surface area is 101 Å². The minimum absolute atomic E-state index is 0.122. The number of hydrogen-bond donors (Lipinski definition) is 2. The highest BCUT2D eigenvalue weighted by molar-refractivity contribution is 5.95.